The van der Waals surface area contributed by atoms with E-state index in [4.69, 9.17) is 5.11 Å². The van der Waals surface area contributed by atoms with Crippen molar-refractivity contribution in [3.8, 4) is 0 Å². The van der Waals surface area contributed by atoms with Crippen molar-refractivity contribution < 1.29 is 5.11 Å². The van der Waals surface area contributed by atoms with Crippen molar-refractivity contribution >= 4 is 0 Å². The minimum atomic E-state index is -0.0525. The van der Waals surface area contributed by atoms with Crippen LogP contribution in [0.3, 0.4) is 0 Å². The molecule has 0 aliphatic rings. The zero-order valence-electron chi connectivity index (χ0n) is 9.83. The third kappa shape index (κ3) is 4.02. The van der Waals surface area contributed by atoms with Gasteiger partial charge >= 0.3 is 0 Å². The van der Waals surface area contributed by atoms with Gasteiger partial charge in [0.2, 0.25) is 0 Å². The Kier molecular flexibility index (Phi) is 4.30. The van der Waals surface area contributed by atoms with Gasteiger partial charge in [0, 0.05) is 24.6 Å². The predicted octanol–water partition coefficient (Wildman–Crippen LogP) is 2.36. The Morgan fingerprint density at radius 3 is 2.40 bits per heavy atom. The Balaban J connectivity index is 2.47. The molecular formula is C13H21NO. The number of hydrogen-bond donors (Lipinski definition) is 2. The van der Waals surface area contributed by atoms with E-state index in [1.807, 2.05) is 18.2 Å². The molecule has 0 fully saturated rings. The van der Waals surface area contributed by atoms with Crippen molar-refractivity contribution in [2.75, 3.05) is 13.2 Å². The first kappa shape index (κ1) is 12.2. The summed E-state index contributed by atoms with van der Waals surface area (Å²) in [7, 11) is 0. The summed E-state index contributed by atoms with van der Waals surface area (Å²) >= 11 is 0. The number of nitrogens with one attached hydrogen (secondary N) is 1. The molecule has 0 radical (unpaired) electrons. The first-order valence-electron chi connectivity index (χ1n) is 5.44. The van der Waals surface area contributed by atoms with Crippen LogP contribution in [0.5, 0.6) is 0 Å². The summed E-state index contributed by atoms with van der Waals surface area (Å²) in [5, 5.41) is 12.6. The molecule has 0 bridgehead atoms. The Morgan fingerprint density at radius 2 is 1.87 bits per heavy atom. The smallest absolute Gasteiger partial charge is 0.0494 e. The molecule has 0 aliphatic heterocycles. The van der Waals surface area contributed by atoms with Gasteiger partial charge in [-0.25, -0.2) is 0 Å². The summed E-state index contributed by atoms with van der Waals surface area (Å²) in [4.78, 5) is 0. The molecule has 15 heavy (non-hydrogen) atoms. The van der Waals surface area contributed by atoms with Crippen molar-refractivity contribution in [3.05, 3.63) is 35.9 Å². The van der Waals surface area contributed by atoms with Crippen molar-refractivity contribution in [2.24, 2.45) is 5.41 Å². The van der Waals surface area contributed by atoms with E-state index in [9.17, 15) is 0 Å². The zero-order chi connectivity index (χ0) is 11.3. The third-order valence-electron chi connectivity index (χ3n) is 2.61. The second-order valence-electron chi connectivity index (χ2n) is 4.84. The fourth-order valence-corrected chi connectivity index (χ4v) is 1.34. The molecule has 84 valence electrons. The Hall–Kier alpha value is -0.860. The molecule has 2 heteroatoms. The van der Waals surface area contributed by atoms with Crippen LogP contribution in [-0.4, -0.2) is 18.3 Å². The zero-order valence-corrected chi connectivity index (χ0v) is 9.83. The third-order valence-corrected chi connectivity index (χ3v) is 2.61. The van der Waals surface area contributed by atoms with Crippen LogP contribution in [0.2, 0.25) is 0 Å². The molecule has 2 nitrogen and oxygen atoms in total. The van der Waals surface area contributed by atoms with Gasteiger partial charge in [0.05, 0.1) is 0 Å². The maximum absolute atomic E-state index is 9.14. The molecule has 0 heterocycles. The number of aliphatic hydroxyl groups excluding tert-OH is 1. The van der Waals surface area contributed by atoms with Crippen molar-refractivity contribution in [1.82, 2.24) is 5.32 Å². The summed E-state index contributed by atoms with van der Waals surface area (Å²) in [6, 6.07) is 10.7. The van der Waals surface area contributed by atoms with E-state index in [-0.39, 0.29) is 12.0 Å². The number of hydrogen-bond acceptors (Lipinski definition) is 2. The molecule has 1 aromatic carbocycles. The molecule has 0 unspecified atom stereocenters. The summed E-state index contributed by atoms with van der Waals surface area (Å²) in [6.07, 6.45) is 0. The number of aliphatic hydroxyl groups is 1. The van der Waals surface area contributed by atoms with Crippen LogP contribution in [0, 0.1) is 5.41 Å². The molecule has 2 N–H and O–H groups in total. The molecule has 0 aromatic heterocycles. The van der Waals surface area contributed by atoms with E-state index in [0.29, 0.717) is 6.04 Å². The Bertz CT molecular complexity index is 282. The van der Waals surface area contributed by atoms with E-state index in [2.05, 4.69) is 38.2 Å². The minimum absolute atomic E-state index is 0.0525. The van der Waals surface area contributed by atoms with Gasteiger partial charge in [-0.2, -0.15) is 0 Å². The van der Waals surface area contributed by atoms with E-state index in [0.717, 1.165) is 6.54 Å². The van der Waals surface area contributed by atoms with Crippen LogP contribution in [0.1, 0.15) is 32.4 Å². The molecule has 0 amide bonds. The van der Waals surface area contributed by atoms with E-state index < -0.39 is 0 Å². The van der Waals surface area contributed by atoms with Gasteiger partial charge in [-0.15, -0.1) is 0 Å². The van der Waals surface area contributed by atoms with Gasteiger partial charge < -0.3 is 10.4 Å². The van der Waals surface area contributed by atoms with Gasteiger partial charge in [0.25, 0.3) is 0 Å². The van der Waals surface area contributed by atoms with Gasteiger partial charge in [0.15, 0.2) is 0 Å². The van der Waals surface area contributed by atoms with Gasteiger partial charge in [-0.3, -0.25) is 0 Å². The fourth-order valence-electron chi connectivity index (χ4n) is 1.34. The van der Waals surface area contributed by atoms with Crippen molar-refractivity contribution in [2.45, 2.75) is 26.8 Å². The average molecular weight is 207 g/mol. The summed E-state index contributed by atoms with van der Waals surface area (Å²) in [5.74, 6) is 0. The number of benzene rings is 1. The first-order valence-corrected chi connectivity index (χ1v) is 5.44. The van der Waals surface area contributed by atoms with E-state index in [1.165, 1.54) is 5.56 Å². The van der Waals surface area contributed by atoms with Gasteiger partial charge in [0.1, 0.15) is 0 Å². The van der Waals surface area contributed by atoms with Crippen LogP contribution in [0.25, 0.3) is 0 Å². The van der Waals surface area contributed by atoms with Crippen LogP contribution < -0.4 is 5.32 Å². The van der Waals surface area contributed by atoms with Crippen LogP contribution in [0.4, 0.5) is 0 Å². The lowest BCUT2D eigenvalue weighted by Crippen LogP contribution is -2.33. The maximum atomic E-state index is 9.14. The second-order valence-corrected chi connectivity index (χ2v) is 4.84. The van der Waals surface area contributed by atoms with E-state index in [1.54, 1.807) is 0 Å². The summed E-state index contributed by atoms with van der Waals surface area (Å²) < 4.78 is 0. The Morgan fingerprint density at radius 1 is 1.27 bits per heavy atom. The predicted molar refractivity (Wildman–Crippen MR) is 63.7 cm³/mol. The molecule has 1 rings (SSSR count). The fraction of sp³-hybridized carbons (Fsp3) is 0.538. The lowest BCUT2D eigenvalue weighted by atomic mass is 9.94. The summed E-state index contributed by atoms with van der Waals surface area (Å²) in [5.41, 5.74) is 1.23. The molecular weight excluding hydrogens is 186 g/mol. The highest BCUT2D eigenvalue weighted by Crippen LogP contribution is 2.16. The van der Waals surface area contributed by atoms with Crippen LogP contribution in [0.15, 0.2) is 30.3 Å². The number of rotatable bonds is 5. The van der Waals surface area contributed by atoms with Gasteiger partial charge in [-0.05, 0) is 12.5 Å². The van der Waals surface area contributed by atoms with Crippen molar-refractivity contribution in [3.63, 3.8) is 0 Å². The lowest BCUT2D eigenvalue weighted by Gasteiger charge is -2.25. The van der Waals surface area contributed by atoms with Crippen molar-refractivity contribution in [1.29, 1.82) is 0 Å². The standard InChI is InChI=1S/C13H21NO/c1-11(12-7-5-4-6-8-12)14-9-13(2,3)10-15/h4-8,11,14-15H,9-10H2,1-3H3/t11-/m1/s1. The minimum Gasteiger partial charge on any atom is -0.396 e. The average Bonchev–Trinajstić information content (AvgIpc) is 2.27. The molecule has 1 atom stereocenters. The van der Waals surface area contributed by atoms with Crippen LogP contribution >= 0.6 is 0 Å². The second kappa shape index (κ2) is 5.29. The highest BCUT2D eigenvalue weighted by Gasteiger charge is 2.17. The first-order chi connectivity index (χ1) is 7.05. The highest BCUT2D eigenvalue weighted by molar-refractivity contribution is 5.18. The summed E-state index contributed by atoms with van der Waals surface area (Å²) in [6.45, 7) is 7.28. The molecule has 0 saturated heterocycles. The maximum Gasteiger partial charge on any atom is 0.0494 e. The molecule has 0 saturated carbocycles. The molecule has 1 aromatic rings. The monoisotopic (exact) mass is 207 g/mol. The lowest BCUT2D eigenvalue weighted by molar-refractivity contribution is 0.154. The van der Waals surface area contributed by atoms with Gasteiger partial charge in [-0.1, -0.05) is 44.2 Å². The molecule has 0 spiro atoms. The topological polar surface area (TPSA) is 32.3 Å². The van der Waals surface area contributed by atoms with Crippen LogP contribution in [-0.2, 0) is 0 Å². The largest absolute Gasteiger partial charge is 0.396 e. The normalized spacial score (nSPS) is 13.9. The quantitative estimate of drug-likeness (QED) is 0.777. The molecule has 0 aliphatic carbocycles. The highest BCUT2D eigenvalue weighted by atomic mass is 16.3. The SMILES string of the molecule is C[C@@H](NCC(C)(C)CO)c1ccccc1. The van der Waals surface area contributed by atoms with E-state index >= 15 is 0 Å². The Labute approximate surface area is 92.3 Å².